The number of aryl methyl sites for hydroxylation is 2. The molecule has 3 nitrogen and oxygen atoms in total. The first-order valence-corrected chi connectivity index (χ1v) is 6.59. The topological polar surface area (TPSA) is 30.7 Å². The molecule has 0 amide bonds. The fourth-order valence-corrected chi connectivity index (χ4v) is 2.33. The van der Waals surface area contributed by atoms with E-state index in [0.29, 0.717) is 23.6 Å². The molecule has 6 heteroatoms. The predicted molar refractivity (Wildman–Crippen MR) is 76.1 cm³/mol. The Balaban J connectivity index is 2.24. The van der Waals surface area contributed by atoms with E-state index in [0.717, 1.165) is 5.69 Å². The number of hydrogen-bond acceptors (Lipinski definition) is 2. The molecule has 0 bridgehead atoms. The van der Waals surface area contributed by atoms with Crippen LogP contribution in [0.2, 0.25) is 0 Å². The molecule has 112 valence electrons. The Hall–Kier alpha value is -2.63. The van der Waals surface area contributed by atoms with Crippen molar-refractivity contribution in [3.8, 4) is 16.9 Å². The Morgan fingerprint density at radius 2 is 1.59 bits per heavy atom. The van der Waals surface area contributed by atoms with Crippen molar-refractivity contribution in [3.05, 3.63) is 65.6 Å². The van der Waals surface area contributed by atoms with Gasteiger partial charge in [0.25, 0.3) is 0 Å². The molecule has 0 N–H and O–H groups in total. The van der Waals surface area contributed by atoms with Crippen molar-refractivity contribution in [2.45, 2.75) is 13.8 Å². The van der Waals surface area contributed by atoms with Gasteiger partial charge in [-0.3, -0.25) is 9.55 Å². The lowest BCUT2D eigenvalue weighted by atomic mass is 10.1. The first kappa shape index (κ1) is 14.3. The summed E-state index contributed by atoms with van der Waals surface area (Å²) in [6.45, 7) is 3.55. The molecule has 22 heavy (non-hydrogen) atoms. The fraction of sp³-hybridized carbons (Fsp3) is 0.125. The van der Waals surface area contributed by atoms with E-state index in [-0.39, 0.29) is 11.3 Å². The minimum atomic E-state index is -0.973. The molecule has 0 aliphatic carbocycles. The molecule has 0 unspecified atom stereocenters. The van der Waals surface area contributed by atoms with E-state index in [4.69, 9.17) is 0 Å². The molecule has 0 aliphatic heterocycles. The minimum Gasteiger partial charge on any atom is -0.295 e. The molecule has 0 spiro atoms. The Morgan fingerprint density at radius 1 is 0.909 bits per heavy atom. The largest absolute Gasteiger partial charge is 0.295 e. The smallest absolute Gasteiger partial charge is 0.138 e. The molecule has 0 fully saturated rings. The van der Waals surface area contributed by atoms with Gasteiger partial charge in [0.2, 0.25) is 0 Å². The maximum absolute atomic E-state index is 14.0. The third-order valence-corrected chi connectivity index (χ3v) is 3.36. The van der Waals surface area contributed by atoms with Gasteiger partial charge in [0, 0.05) is 17.8 Å². The standard InChI is InChI=1S/C16H12F3N3/c1-9-3-4-12(7-20-9)22-10(2)21-8-15(22)16-13(18)5-11(17)6-14(16)19/h3-8H,1-2H3. The highest BCUT2D eigenvalue weighted by Crippen LogP contribution is 2.30. The molecule has 2 aromatic heterocycles. The van der Waals surface area contributed by atoms with Gasteiger partial charge in [-0.05, 0) is 26.0 Å². The first-order valence-electron chi connectivity index (χ1n) is 6.59. The number of imidazole rings is 1. The van der Waals surface area contributed by atoms with Crippen LogP contribution < -0.4 is 0 Å². The summed E-state index contributed by atoms with van der Waals surface area (Å²) in [6.07, 6.45) is 2.95. The predicted octanol–water partition coefficient (Wildman–Crippen LogP) is 3.97. The number of nitrogens with zero attached hydrogens (tertiary/aromatic N) is 3. The molecule has 0 radical (unpaired) electrons. The van der Waals surface area contributed by atoms with Crippen molar-refractivity contribution in [1.82, 2.24) is 14.5 Å². The lowest BCUT2D eigenvalue weighted by Crippen LogP contribution is -2.03. The number of rotatable bonds is 2. The Labute approximate surface area is 125 Å². The average Bonchev–Trinajstić information content (AvgIpc) is 2.80. The summed E-state index contributed by atoms with van der Waals surface area (Å²) >= 11 is 0. The van der Waals surface area contributed by atoms with Gasteiger partial charge in [-0.25, -0.2) is 18.2 Å². The van der Waals surface area contributed by atoms with Gasteiger partial charge < -0.3 is 0 Å². The van der Waals surface area contributed by atoms with Crippen LogP contribution in [0.25, 0.3) is 16.9 Å². The lowest BCUT2D eigenvalue weighted by Gasteiger charge is -2.12. The lowest BCUT2D eigenvalue weighted by molar-refractivity contribution is 0.547. The summed E-state index contributed by atoms with van der Waals surface area (Å²) in [5.41, 5.74) is 1.33. The van der Waals surface area contributed by atoms with E-state index in [9.17, 15) is 13.2 Å². The van der Waals surface area contributed by atoms with E-state index in [1.54, 1.807) is 29.8 Å². The normalized spacial score (nSPS) is 11.0. The summed E-state index contributed by atoms with van der Waals surface area (Å²) < 4.78 is 42.7. The van der Waals surface area contributed by atoms with Crippen molar-refractivity contribution in [1.29, 1.82) is 0 Å². The van der Waals surface area contributed by atoms with E-state index in [2.05, 4.69) is 9.97 Å². The molecule has 3 aromatic rings. The van der Waals surface area contributed by atoms with Crippen LogP contribution in [0.3, 0.4) is 0 Å². The van der Waals surface area contributed by atoms with Gasteiger partial charge in [0.15, 0.2) is 0 Å². The maximum Gasteiger partial charge on any atom is 0.138 e. The zero-order valence-electron chi connectivity index (χ0n) is 11.9. The van der Waals surface area contributed by atoms with Crippen molar-refractivity contribution < 1.29 is 13.2 Å². The summed E-state index contributed by atoms with van der Waals surface area (Å²) in [5, 5.41) is 0. The third kappa shape index (κ3) is 2.36. The molecule has 3 rings (SSSR count). The van der Waals surface area contributed by atoms with Gasteiger partial charge in [-0.15, -0.1) is 0 Å². The van der Waals surface area contributed by atoms with Crippen molar-refractivity contribution >= 4 is 0 Å². The Kier molecular flexibility index (Phi) is 3.44. The van der Waals surface area contributed by atoms with Crippen LogP contribution in [0.5, 0.6) is 0 Å². The summed E-state index contributed by atoms with van der Waals surface area (Å²) in [5.74, 6) is -2.36. The molecule has 0 atom stereocenters. The van der Waals surface area contributed by atoms with Gasteiger partial charge >= 0.3 is 0 Å². The van der Waals surface area contributed by atoms with Crippen LogP contribution in [0, 0.1) is 31.3 Å². The Bertz CT molecular complexity index is 815. The van der Waals surface area contributed by atoms with Crippen molar-refractivity contribution in [2.75, 3.05) is 0 Å². The molecular weight excluding hydrogens is 291 g/mol. The maximum atomic E-state index is 14.0. The number of pyridine rings is 1. The van der Waals surface area contributed by atoms with E-state index in [1.807, 2.05) is 6.92 Å². The van der Waals surface area contributed by atoms with Gasteiger partial charge in [-0.1, -0.05) is 0 Å². The number of aromatic nitrogens is 3. The molecule has 2 heterocycles. The molecule has 0 saturated heterocycles. The van der Waals surface area contributed by atoms with E-state index < -0.39 is 17.5 Å². The van der Waals surface area contributed by atoms with Crippen LogP contribution in [0.4, 0.5) is 13.2 Å². The van der Waals surface area contributed by atoms with Crippen LogP contribution in [-0.2, 0) is 0 Å². The number of hydrogen-bond donors (Lipinski definition) is 0. The second-order valence-electron chi connectivity index (χ2n) is 4.93. The van der Waals surface area contributed by atoms with Gasteiger partial charge in [0.05, 0.1) is 29.3 Å². The highest BCUT2D eigenvalue weighted by molar-refractivity contribution is 5.64. The SMILES string of the molecule is Cc1ccc(-n2c(-c3c(F)cc(F)cc3F)cnc2C)cn1. The van der Waals surface area contributed by atoms with Crippen LogP contribution in [-0.4, -0.2) is 14.5 Å². The van der Waals surface area contributed by atoms with E-state index >= 15 is 0 Å². The zero-order chi connectivity index (χ0) is 15.9. The molecule has 0 saturated carbocycles. The van der Waals surface area contributed by atoms with Gasteiger partial charge in [0.1, 0.15) is 23.3 Å². The van der Waals surface area contributed by atoms with E-state index in [1.165, 1.54) is 6.20 Å². The van der Waals surface area contributed by atoms with Crippen LogP contribution in [0.15, 0.2) is 36.7 Å². The minimum absolute atomic E-state index is 0.207. The zero-order valence-corrected chi connectivity index (χ0v) is 11.9. The number of benzene rings is 1. The molecule has 0 aliphatic rings. The highest BCUT2D eigenvalue weighted by atomic mass is 19.1. The van der Waals surface area contributed by atoms with Crippen LogP contribution >= 0.6 is 0 Å². The average molecular weight is 303 g/mol. The monoisotopic (exact) mass is 303 g/mol. The molecular formula is C16H12F3N3. The number of halogens is 3. The van der Waals surface area contributed by atoms with Crippen LogP contribution in [0.1, 0.15) is 11.5 Å². The van der Waals surface area contributed by atoms with Gasteiger partial charge in [-0.2, -0.15) is 0 Å². The first-order chi connectivity index (χ1) is 10.5. The quantitative estimate of drug-likeness (QED) is 0.717. The second-order valence-corrected chi connectivity index (χ2v) is 4.93. The molecule has 1 aromatic carbocycles. The second kappa shape index (κ2) is 5.29. The third-order valence-electron chi connectivity index (χ3n) is 3.36. The fourth-order valence-electron chi connectivity index (χ4n) is 2.33. The summed E-state index contributed by atoms with van der Waals surface area (Å²) in [4.78, 5) is 8.28. The van der Waals surface area contributed by atoms with Crippen molar-refractivity contribution in [2.24, 2.45) is 0 Å². The summed E-state index contributed by atoms with van der Waals surface area (Å²) in [6, 6.07) is 4.87. The highest BCUT2D eigenvalue weighted by Gasteiger charge is 2.19. The summed E-state index contributed by atoms with van der Waals surface area (Å²) in [7, 11) is 0. The van der Waals surface area contributed by atoms with Crippen molar-refractivity contribution in [3.63, 3.8) is 0 Å². The Morgan fingerprint density at radius 3 is 2.18 bits per heavy atom.